The van der Waals surface area contributed by atoms with Crippen molar-refractivity contribution in [2.24, 2.45) is 10.7 Å². The minimum absolute atomic E-state index is 0.349. The van der Waals surface area contributed by atoms with Crippen LogP contribution in [-0.2, 0) is 14.4 Å². The Bertz CT molecular complexity index is 1170. The zero-order chi connectivity index (χ0) is 20.3. The third kappa shape index (κ3) is 4.47. The van der Waals surface area contributed by atoms with Crippen LogP contribution in [0.1, 0.15) is 9.67 Å². The van der Waals surface area contributed by atoms with Gasteiger partial charge in [0.2, 0.25) is 5.96 Å². The van der Waals surface area contributed by atoms with Crippen LogP contribution >= 0.6 is 11.3 Å². The molecule has 3 N–H and O–H groups in total. The fourth-order valence-corrected chi connectivity index (χ4v) is 3.78. The maximum absolute atomic E-state index is 12.4. The van der Waals surface area contributed by atoms with Crippen molar-refractivity contribution in [3.8, 4) is 16.9 Å². The summed E-state index contributed by atoms with van der Waals surface area (Å²) >= 11 is 1.25. The van der Waals surface area contributed by atoms with E-state index in [2.05, 4.69) is 9.28 Å². The summed E-state index contributed by atoms with van der Waals surface area (Å²) in [6, 6.07) is 15.1. The van der Waals surface area contributed by atoms with E-state index in [1.807, 2.05) is 47.9 Å². The lowest BCUT2D eigenvalue weighted by Gasteiger charge is -2.09. The lowest BCUT2D eigenvalue weighted by molar-refractivity contribution is 0.100. The normalized spacial score (nSPS) is 12.1. The molecule has 3 rings (SSSR count). The number of benzene rings is 2. The molecule has 0 saturated carbocycles. The second-order valence-corrected chi connectivity index (χ2v) is 8.38. The smallest absolute Gasteiger partial charge is 0.290 e. The lowest BCUT2D eigenvalue weighted by atomic mass is 10.0. The molecule has 0 saturated heterocycles. The SMILES string of the molecule is COc1ccccc1-c1cccc2sc(C(=O)N=C(N)NOS(C)(=O)=O)cc12. The van der Waals surface area contributed by atoms with Gasteiger partial charge >= 0.3 is 0 Å². The number of fused-ring (bicyclic) bond motifs is 1. The number of aliphatic imine (C=N–C) groups is 1. The first kappa shape index (κ1) is 19.8. The fraction of sp³-hybridized carbons (Fsp3) is 0.111. The van der Waals surface area contributed by atoms with Crippen molar-refractivity contribution < 1.29 is 22.2 Å². The van der Waals surface area contributed by atoms with Gasteiger partial charge in [0.15, 0.2) is 0 Å². The van der Waals surface area contributed by atoms with Crippen LogP contribution in [0.25, 0.3) is 21.2 Å². The van der Waals surface area contributed by atoms with Crippen LogP contribution < -0.4 is 16.0 Å². The third-order valence-electron chi connectivity index (χ3n) is 3.69. The standard InChI is InChI=1S/C18H17N3O5S2/c1-25-14-8-4-3-6-12(14)11-7-5-9-15-13(11)10-16(27-15)17(22)20-18(19)21-26-28(2,23)24/h3-10H,1-2H3,(H3,19,20,21,22). The van der Waals surface area contributed by atoms with E-state index in [0.29, 0.717) is 4.88 Å². The van der Waals surface area contributed by atoms with E-state index < -0.39 is 22.0 Å². The van der Waals surface area contributed by atoms with Crippen LogP contribution in [0.2, 0.25) is 0 Å². The highest BCUT2D eigenvalue weighted by molar-refractivity contribution is 7.85. The number of nitrogens with two attached hydrogens (primary N) is 1. The molecular weight excluding hydrogens is 402 g/mol. The minimum Gasteiger partial charge on any atom is -0.496 e. The second-order valence-electron chi connectivity index (χ2n) is 5.72. The van der Waals surface area contributed by atoms with Crippen LogP contribution in [0, 0.1) is 0 Å². The number of nitrogens with one attached hydrogen (secondary N) is 1. The van der Waals surface area contributed by atoms with Gasteiger partial charge in [-0.05, 0) is 23.8 Å². The molecule has 0 spiro atoms. The number of thiophene rings is 1. The monoisotopic (exact) mass is 419 g/mol. The Kier molecular flexibility index (Phi) is 5.63. The van der Waals surface area contributed by atoms with E-state index in [9.17, 15) is 13.2 Å². The Morgan fingerprint density at radius 1 is 1.14 bits per heavy atom. The minimum atomic E-state index is -3.78. The average molecular weight is 419 g/mol. The Hall–Kier alpha value is -2.95. The molecule has 146 valence electrons. The highest BCUT2D eigenvalue weighted by atomic mass is 32.2. The third-order valence-corrected chi connectivity index (χ3v) is 5.16. The number of nitrogens with zero attached hydrogens (tertiary/aromatic N) is 1. The maximum atomic E-state index is 12.4. The first-order valence-corrected chi connectivity index (χ1v) is 10.6. The molecule has 0 atom stereocenters. The van der Waals surface area contributed by atoms with E-state index in [1.54, 1.807) is 13.2 Å². The van der Waals surface area contributed by atoms with E-state index in [1.165, 1.54) is 11.3 Å². The van der Waals surface area contributed by atoms with Gasteiger partial charge in [-0.3, -0.25) is 4.79 Å². The predicted molar refractivity (Wildman–Crippen MR) is 109 cm³/mol. The molecule has 1 amide bonds. The molecule has 0 unspecified atom stereocenters. The summed E-state index contributed by atoms with van der Waals surface area (Å²) in [6.45, 7) is 0. The second kappa shape index (κ2) is 7.97. The number of hydrogen-bond acceptors (Lipinski definition) is 6. The first-order valence-electron chi connectivity index (χ1n) is 7.97. The maximum Gasteiger partial charge on any atom is 0.290 e. The van der Waals surface area contributed by atoms with E-state index >= 15 is 0 Å². The van der Waals surface area contributed by atoms with Crippen molar-refractivity contribution in [2.75, 3.05) is 13.4 Å². The lowest BCUT2D eigenvalue weighted by Crippen LogP contribution is -2.34. The number of para-hydroxylation sites is 1. The summed E-state index contributed by atoms with van der Waals surface area (Å²) in [5, 5.41) is 0.870. The highest BCUT2D eigenvalue weighted by Crippen LogP contribution is 2.38. The molecule has 0 aliphatic heterocycles. The number of ether oxygens (including phenoxy) is 1. The molecule has 0 fully saturated rings. The number of carbonyl (C=O) groups is 1. The van der Waals surface area contributed by atoms with Gasteiger partial charge in [-0.15, -0.1) is 15.6 Å². The molecule has 10 heteroatoms. The quantitative estimate of drug-likeness (QED) is 0.370. The van der Waals surface area contributed by atoms with Gasteiger partial charge in [0, 0.05) is 15.6 Å². The molecular formula is C18H17N3O5S2. The van der Waals surface area contributed by atoms with Crippen LogP contribution in [0.4, 0.5) is 0 Å². The van der Waals surface area contributed by atoms with Gasteiger partial charge in [-0.1, -0.05) is 30.3 Å². The first-order chi connectivity index (χ1) is 13.3. The molecule has 1 aromatic heterocycles. The molecule has 8 nitrogen and oxygen atoms in total. The molecule has 0 aliphatic rings. The van der Waals surface area contributed by atoms with Crippen molar-refractivity contribution in [3.63, 3.8) is 0 Å². The number of guanidine groups is 1. The van der Waals surface area contributed by atoms with Gasteiger partial charge in [-0.2, -0.15) is 13.4 Å². The Balaban J connectivity index is 1.96. The van der Waals surface area contributed by atoms with E-state index in [0.717, 1.165) is 33.2 Å². The van der Waals surface area contributed by atoms with Crippen LogP contribution in [0.3, 0.4) is 0 Å². The van der Waals surface area contributed by atoms with Crippen molar-refractivity contribution in [3.05, 3.63) is 53.4 Å². The largest absolute Gasteiger partial charge is 0.496 e. The summed E-state index contributed by atoms with van der Waals surface area (Å²) in [5.74, 6) is -0.356. The van der Waals surface area contributed by atoms with E-state index in [4.69, 9.17) is 10.5 Å². The highest BCUT2D eigenvalue weighted by Gasteiger charge is 2.15. The number of hydrogen-bond donors (Lipinski definition) is 2. The number of methoxy groups -OCH3 is 1. The van der Waals surface area contributed by atoms with Crippen LogP contribution in [-0.4, -0.2) is 33.7 Å². The van der Waals surface area contributed by atoms with Gasteiger partial charge < -0.3 is 10.5 Å². The predicted octanol–water partition coefficient (Wildman–Crippen LogP) is 2.51. The van der Waals surface area contributed by atoms with Crippen molar-refractivity contribution in [1.82, 2.24) is 5.48 Å². The van der Waals surface area contributed by atoms with Crippen molar-refractivity contribution in [1.29, 1.82) is 0 Å². The van der Waals surface area contributed by atoms with Crippen molar-refractivity contribution in [2.45, 2.75) is 0 Å². The zero-order valence-corrected chi connectivity index (χ0v) is 16.6. The summed E-state index contributed by atoms with van der Waals surface area (Å²) in [7, 11) is -2.17. The van der Waals surface area contributed by atoms with E-state index in [-0.39, 0.29) is 0 Å². The molecule has 1 heterocycles. The zero-order valence-electron chi connectivity index (χ0n) is 15.0. The number of hydroxylamine groups is 1. The van der Waals surface area contributed by atoms with Gasteiger partial charge in [0.1, 0.15) is 5.75 Å². The number of carbonyl (C=O) groups excluding carboxylic acids is 1. The molecule has 0 bridgehead atoms. The summed E-state index contributed by atoms with van der Waals surface area (Å²) in [4.78, 5) is 16.4. The van der Waals surface area contributed by atoms with Crippen LogP contribution in [0.15, 0.2) is 53.5 Å². The fourth-order valence-electron chi connectivity index (χ4n) is 2.57. The topological polar surface area (TPSA) is 120 Å². The molecule has 2 aromatic carbocycles. The average Bonchev–Trinajstić information content (AvgIpc) is 3.10. The number of amides is 1. The summed E-state index contributed by atoms with van der Waals surface area (Å²) in [6.07, 6.45) is 0.834. The molecule has 3 aromatic rings. The summed E-state index contributed by atoms with van der Waals surface area (Å²) in [5.41, 5.74) is 9.22. The Morgan fingerprint density at radius 3 is 2.57 bits per heavy atom. The van der Waals surface area contributed by atoms with Gasteiger partial charge in [-0.25, -0.2) is 5.48 Å². The van der Waals surface area contributed by atoms with Gasteiger partial charge in [0.05, 0.1) is 18.2 Å². The van der Waals surface area contributed by atoms with Crippen molar-refractivity contribution >= 4 is 43.4 Å². The summed E-state index contributed by atoms with van der Waals surface area (Å²) < 4.78 is 32.5. The Labute approximate surface area is 165 Å². The molecule has 0 aliphatic carbocycles. The van der Waals surface area contributed by atoms with Gasteiger partial charge in [0.25, 0.3) is 16.0 Å². The molecule has 28 heavy (non-hydrogen) atoms. The Morgan fingerprint density at radius 2 is 1.86 bits per heavy atom. The van der Waals surface area contributed by atoms with Crippen LogP contribution in [0.5, 0.6) is 5.75 Å². The number of rotatable bonds is 5. The molecule has 0 radical (unpaired) electrons.